The van der Waals surface area contributed by atoms with E-state index >= 15 is 0 Å². The Bertz CT molecular complexity index is 194. The average Bonchev–Trinajstić information content (AvgIpc) is 2.59. The molecule has 0 amide bonds. The Morgan fingerprint density at radius 3 is 2.53 bits per heavy atom. The van der Waals surface area contributed by atoms with Gasteiger partial charge in [-0.05, 0) is 13.8 Å². The summed E-state index contributed by atoms with van der Waals surface area (Å²) in [5.74, 6) is -0.671. The second-order valence-corrected chi connectivity index (χ2v) is 4.04. The van der Waals surface area contributed by atoms with E-state index in [1.807, 2.05) is 13.8 Å². The SMILES string of the molecule is CO[C@@H]1O[C@H](CO)CC1OC(C)(C)OC. The molecular formula is C10H20O5. The summed E-state index contributed by atoms with van der Waals surface area (Å²) in [7, 11) is 3.14. The maximum Gasteiger partial charge on any atom is 0.184 e. The van der Waals surface area contributed by atoms with Crippen molar-refractivity contribution in [3.63, 3.8) is 0 Å². The van der Waals surface area contributed by atoms with Gasteiger partial charge in [0, 0.05) is 20.6 Å². The Morgan fingerprint density at radius 2 is 2.07 bits per heavy atom. The van der Waals surface area contributed by atoms with Crippen LogP contribution in [-0.2, 0) is 18.9 Å². The molecule has 0 aromatic carbocycles. The largest absolute Gasteiger partial charge is 0.394 e. The summed E-state index contributed by atoms with van der Waals surface area (Å²) in [6, 6.07) is 0. The van der Waals surface area contributed by atoms with Gasteiger partial charge >= 0.3 is 0 Å². The van der Waals surface area contributed by atoms with E-state index < -0.39 is 12.1 Å². The van der Waals surface area contributed by atoms with E-state index in [0.29, 0.717) is 6.42 Å². The van der Waals surface area contributed by atoms with Crippen LogP contribution in [0.2, 0.25) is 0 Å². The molecule has 1 unspecified atom stereocenters. The van der Waals surface area contributed by atoms with Gasteiger partial charge < -0.3 is 24.1 Å². The van der Waals surface area contributed by atoms with Gasteiger partial charge in [-0.25, -0.2) is 0 Å². The average molecular weight is 220 g/mol. The minimum atomic E-state index is -0.671. The minimum Gasteiger partial charge on any atom is -0.394 e. The quantitative estimate of drug-likeness (QED) is 0.684. The summed E-state index contributed by atoms with van der Waals surface area (Å²) in [4.78, 5) is 0. The third-order valence-electron chi connectivity index (χ3n) is 2.49. The van der Waals surface area contributed by atoms with Gasteiger partial charge in [0.1, 0.15) is 6.10 Å². The zero-order chi connectivity index (χ0) is 11.5. The van der Waals surface area contributed by atoms with Crippen molar-refractivity contribution in [3.05, 3.63) is 0 Å². The van der Waals surface area contributed by atoms with Crippen LogP contribution in [0.4, 0.5) is 0 Å². The first kappa shape index (κ1) is 12.9. The lowest BCUT2D eigenvalue weighted by atomic mass is 10.2. The van der Waals surface area contributed by atoms with E-state index in [4.69, 9.17) is 24.1 Å². The summed E-state index contributed by atoms with van der Waals surface area (Å²) < 4.78 is 21.4. The fourth-order valence-electron chi connectivity index (χ4n) is 1.54. The third-order valence-corrected chi connectivity index (χ3v) is 2.49. The van der Waals surface area contributed by atoms with Crippen LogP contribution >= 0.6 is 0 Å². The molecule has 1 N–H and O–H groups in total. The van der Waals surface area contributed by atoms with Crippen molar-refractivity contribution in [3.8, 4) is 0 Å². The van der Waals surface area contributed by atoms with Crippen LogP contribution in [0.1, 0.15) is 20.3 Å². The Labute approximate surface area is 90.3 Å². The molecule has 0 saturated carbocycles. The van der Waals surface area contributed by atoms with Crippen molar-refractivity contribution in [2.45, 2.75) is 44.6 Å². The second kappa shape index (κ2) is 5.23. The molecule has 15 heavy (non-hydrogen) atoms. The first-order chi connectivity index (χ1) is 7.02. The Balaban J connectivity index is 2.53. The van der Waals surface area contributed by atoms with Gasteiger partial charge in [0.15, 0.2) is 12.1 Å². The summed E-state index contributed by atoms with van der Waals surface area (Å²) in [5, 5.41) is 8.99. The highest BCUT2D eigenvalue weighted by molar-refractivity contribution is 4.79. The van der Waals surface area contributed by atoms with Crippen molar-refractivity contribution in [2.24, 2.45) is 0 Å². The Kier molecular flexibility index (Phi) is 4.48. The zero-order valence-corrected chi connectivity index (χ0v) is 9.73. The highest BCUT2D eigenvalue weighted by atomic mass is 16.7. The maximum absolute atomic E-state index is 8.99. The van der Waals surface area contributed by atoms with Gasteiger partial charge in [0.2, 0.25) is 0 Å². The molecule has 1 heterocycles. The normalized spacial score (nSPS) is 32.2. The summed E-state index contributed by atoms with van der Waals surface area (Å²) in [6.45, 7) is 3.63. The smallest absolute Gasteiger partial charge is 0.184 e. The molecule has 5 nitrogen and oxygen atoms in total. The molecule has 0 aromatic rings. The van der Waals surface area contributed by atoms with Crippen molar-refractivity contribution in [1.29, 1.82) is 0 Å². The molecule has 1 saturated heterocycles. The van der Waals surface area contributed by atoms with E-state index in [1.165, 1.54) is 0 Å². The molecule has 1 aliphatic heterocycles. The van der Waals surface area contributed by atoms with E-state index in [-0.39, 0.29) is 18.8 Å². The molecule has 0 aromatic heterocycles. The van der Waals surface area contributed by atoms with Crippen LogP contribution in [0, 0.1) is 0 Å². The van der Waals surface area contributed by atoms with Crippen molar-refractivity contribution in [1.82, 2.24) is 0 Å². The predicted molar refractivity (Wildman–Crippen MR) is 53.3 cm³/mol. The fourth-order valence-corrected chi connectivity index (χ4v) is 1.54. The number of methoxy groups -OCH3 is 2. The number of hydrogen-bond donors (Lipinski definition) is 1. The van der Waals surface area contributed by atoms with Crippen LogP contribution in [0.5, 0.6) is 0 Å². The standard InChI is InChI=1S/C10H20O5/c1-10(2,13-4)15-8-5-7(6-11)14-9(8)12-3/h7-9,11H,5-6H2,1-4H3/t7-,8?,9+/m0/s1. The van der Waals surface area contributed by atoms with Gasteiger partial charge in [0.25, 0.3) is 0 Å². The Hall–Kier alpha value is -0.200. The van der Waals surface area contributed by atoms with Crippen LogP contribution in [0.3, 0.4) is 0 Å². The topological polar surface area (TPSA) is 57.2 Å². The molecule has 90 valence electrons. The van der Waals surface area contributed by atoms with Crippen molar-refractivity contribution in [2.75, 3.05) is 20.8 Å². The number of aliphatic hydroxyl groups excluding tert-OH is 1. The van der Waals surface area contributed by atoms with E-state index in [2.05, 4.69) is 0 Å². The van der Waals surface area contributed by atoms with Gasteiger partial charge in [-0.15, -0.1) is 0 Å². The molecule has 5 heteroatoms. The minimum absolute atomic E-state index is 0.0207. The number of hydrogen-bond acceptors (Lipinski definition) is 5. The van der Waals surface area contributed by atoms with Gasteiger partial charge in [-0.3, -0.25) is 0 Å². The molecule has 1 aliphatic rings. The highest BCUT2D eigenvalue weighted by Crippen LogP contribution is 2.27. The van der Waals surface area contributed by atoms with Crippen molar-refractivity contribution < 1.29 is 24.1 Å². The molecular weight excluding hydrogens is 200 g/mol. The van der Waals surface area contributed by atoms with Crippen LogP contribution in [0.15, 0.2) is 0 Å². The number of ether oxygens (including phenoxy) is 4. The molecule has 3 atom stereocenters. The summed E-state index contributed by atoms with van der Waals surface area (Å²) in [5.41, 5.74) is 0. The van der Waals surface area contributed by atoms with Crippen molar-refractivity contribution >= 4 is 0 Å². The number of aliphatic hydroxyl groups is 1. The predicted octanol–water partition coefficient (Wildman–Crippen LogP) is 0.508. The zero-order valence-electron chi connectivity index (χ0n) is 9.73. The summed E-state index contributed by atoms with van der Waals surface area (Å²) in [6.07, 6.45) is -0.242. The molecule has 0 bridgehead atoms. The van der Waals surface area contributed by atoms with Gasteiger partial charge in [-0.2, -0.15) is 0 Å². The fraction of sp³-hybridized carbons (Fsp3) is 1.00. The third kappa shape index (κ3) is 3.39. The maximum atomic E-state index is 8.99. The molecule has 1 fully saturated rings. The monoisotopic (exact) mass is 220 g/mol. The molecule has 0 radical (unpaired) electrons. The highest BCUT2D eigenvalue weighted by Gasteiger charge is 2.39. The van der Waals surface area contributed by atoms with Crippen LogP contribution in [0.25, 0.3) is 0 Å². The second-order valence-electron chi connectivity index (χ2n) is 4.04. The van der Waals surface area contributed by atoms with Gasteiger partial charge in [-0.1, -0.05) is 0 Å². The van der Waals surface area contributed by atoms with Crippen LogP contribution < -0.4 is 0 Å². The number of rotatable bonds is 5. The molecule has 1 rings (SSSR count). The van der Waals surface area contributed by atoms with Gasteiger partial charge in [0.05, 0.1) is 12.7 Å². The molecule has 0 aliphatic carbocycles. The Morgan fingerprint density at radius 1 is 1.40 bits per heavy atom. The van der Waals surface area contributed by atoms with Crippen LogP contribution in [-0.4, -0.2) is 50.2 Å². The lowest BCUT2D eigenvalue weighted by Gasteiger charge is -2.29. The molecule has 0 spiro atoms. The summed E-state index contributed by atoms with van der Waals surface area (Å²) >= 11 is 0. The van der Waals surface area contributed by atoms with E-state index in [0.717, 1.165) is 0 Å². The van der Waals surface area contributed by atoms with E-state index in [1.54, 1.807) is 14.2 Å². The lowest BCUT2D eigenvalue weighted by Crippen LogP contribution is -2.37. The first-order valence-corrected chi connectivity index (χ1v) is 5.04. The first-order valence-electron chi connectivity index (χ1n) is 5.04. The lowest BCUT2D eigenvalue weighted by molar-refractivity contribution is -0.258. The van der Waals surface area contributed by atoms with E-state index in [9.17, 15) is 0 Å².